The number of ether oxygens (including phenoxy) is 1. The first kappa shape index (κ1) is 8.66. The minimum atomic E-state index is 0.251. The van der Waals surface area contributed by atoms with Crippen molar-refractivity contribution in [3.05, 3.63) is 15.0 Å². The van der Waals surface area contributed by atoms with Crippen LogP contribution in [0, 0.1) is 0 Å². The number of hydrogen-bond donors (Lipinski definition) is 0. The number of halogens is 1. The predicted octanol–water partition coefficient (Wildman–Crippen LogP) is 3.15. The monoisotopic (exact) mass is 247 g/mol. The fourth-order valence-electron chi connectivity index (χ4n) is 1.39. The van der Waals surface area contributed by atoms with E-state index in [1.165, 1.54) is 12.8 Å². The maximum absolute atomic E-state index is 5.60. The molecule has 2 heterocycles. The number of hydrogen-bond acceptors (Lipinski definition) is 3. The van der Waals surface area contributed by atoms with Crippen molar-refractivity contribution in [3.8, 4) is 0 Å². The van der Waals surface area contributed by atoms with E-state index in [2.05, 4.69) is 26.3 Å². The minimum absolute atomic E-state index is 0.251. The molecule has 0 aromatic carbocycles. The van der Waals surface area contributed by atoms with Crippen LogP contribution >= 0.6 is 27.3 Å². The molecule has 1 unspecified atom stereocenters. The molecular weight excluding hydrogens is 238 g/mol. The summed E-state index contributed by atoms with van der Waals surface area (Å²) in [4.78, 5) is 4.34. The van der Waals surface area contributed by atoms with E-state index in [0.717, 1.165) is 22.6 Å². The third kappa shape index (κ3) is 1.87. The Hall–Kier alpha value is 0.0700. The molecule has 0 aliphatic carbocycles. The smallest absolute Gasteiger partial charge is 0.159 e. The van der Waals surface area contributed by atoms with E-state index in [-0.39, 0.29) is 6.10 Å². The maximum atomic E-state index is 5.60. The van der Waals surface area contributed by atoms with Gasteiger partial charge in [0, 0.05) is 12.0 Å². The lowest BCUT2D eigenvalue weighted by Crippen LogP contribution is -2.11. The van der Waals surface area contributed by atoms with Gasteiger partial charge in [-0.15, -0.1) is 11.3 Å². The van der Waals surface area contributed by atoms with Crippen LogP contribution in [0.15, 0.2) is 9.30 Å². The molecule has 1 saturated heterocycles. The zero-order valence-corrected chi connectivity index (χ0v) is 9.03. The molecule has 2 nitrogen and oxygen atoms in total. The Morgan fingerprint density at radius 1 is 1.58 bits per heavy atom. The number of rotatable bonds is 1. The first-order valence-corrected chi connectivity index (χ1v) is 5.76. The molecule has 1 atom stereocenters. The molecule has 1 aliphatic heterocycles. The van der Waals surface area contributed by atoms with Crippen LogP contribution in [0.2, 0.25) is 0 Å². The second-order valence-corrected chi connectivity index (χ2v) is 5.01. The van der Waals surface area contributed by atoms with Crippen LogP contribution in [-0.2, 0) is 4.74 Å². The zero-order chi connectivity index (χ0) is 8.39. The Kier molecular flexibility index (Phi) is 2.78. The third-order valence-electron chi connectivity index (χ3n) is 2.00. The maximum Gasteiger partial charge on any atom is 0.159 e. The average Bonchev–Trinajstić information content (AvgIpc) is 2.54. The summed E-state index contributed by atoms with van der Waals surface area (Å²) in [6, 6.07) is 0. The van der Waals surface area contributed by atoms with E-state index in [0.29, 0.717) is 0 Å². The summed E-state index contributed by atoms with van der Waals surface area (Å²) in [7, 11) is 0. The van der Waals surface area contributed by atoms with Crippen LogP contribution in [0.4, 0.5) is 0 Å². The van der Waals surface area contributed by atoms with Gasteiger partial charge in [-0.3, -0.25) is 0 Å². The van der Waals surface area contributed by atoms with Crippen molar-refractivity contribution in [2.24, 2.45) is 0 Å². The highest BCUT2D eigenvalue weighted by Crippen LogP contribution is 2.29. The fraction of sp³-hybridized carbons (Fsp3) is 0.625. The van der Waals surface area contributed by atoms with Crippen molar-refractivity contribution in [2.75, 3.05) is 6.61 Å². The lowest BCUT2D eigenvalue weighted by molar-refractivity contribution is 0.0126. The normalized spacial score (nSPS) is 24.2. The summed E-state index contributed by atoms with van der Waals surface area (Å²) >= 11 is 4.97. The predicted molar refractivity (Wildman–Crippen MR) is 52.4 cm³/mol. The van der Waals surface area contributed by atoms with E-state index in [9.17, 15) is 0 Å². The Morgan fingerprint density at radius 2 is 2.50 bits per heavy atom. The van der Waals surface area contributed by atoms with E-state index in [4.69, 9.17) is 4.74 Å². The highest BCUT2D eigenvalue weighted by atomic mass is 79.9. The van der Waals surface area contributed by atoms with Crippen molar-refractivity contribution in [3.63, 3.8) is 0 Å². The Bertz CT molecular complexity index is 257. The number of aromatic nitrogens is 1. The van der Waals surface area contributed by atoms with Crippen molar-refractivity contribution >= 4 is 27.3 Å². The van der Waals surface area contributed by atoms with Crippen molar-refractivity contribution < 1.29 is 4.74 Å². The highest BCUT2D eigenvalue weighted by molar-refractivity contribution is 9.11. The number of nitrogens with zero attached hydrogens (tertiary/aromatic N) is 1. The van der Waals surface area contributed by atoms with Crippen LogP contribution in [0.1, 0.15) is 31.1 Å². The van der Waals surface area contributed by atoms with Crippen molar-refractivity contribution in [1.29, 1.82) is 0 Å². The lowest BCUT2D eigenvalue weighted by Gasteiger charge is -2.20. The summed E-state index contributed by atoms with van der Waals surface area (Å²) in [5.74, 6) is 0. The van der Waals surface area contributed by atoms with Gasteiger partial charge in [-0.05, 0) is 35.2 Å². The molecule has 2 rings (SSSR count). The van der Waals surface area contributed by atoms with Gasteiger partial charge in [0.2, 0.25) is 0 Å². The fourth-order valence-corrected chi connectivity index (χ4v) is 2.45. The van der Waals surface area contributed by atoms with Crippen molar-refractivity contribution in [2.45, 2.75) is 25.4 Å². The van der Waals surface area contributed by atoms with E-state index < -0.39 is 0 Å². The van der Waals surface area contributed by atoms with E-state index >= 15 is 0 Å². The molecule has 1 aromatic heterocycles. The Morgan fingerprint density at radius 3 is 3.08 bits per heavy atom. The third-order valence-corrected chi connectivity index (χ3v) is 3.39. The van der Waals surface area contributed by atoms with Crippen molar-refractivity contribution in [1.82, 2.24) is 4.98 Å². The molecule has 12 heavy (non-hydrogen) atoms. The highest BCUT2D eigenvalue weighted by Gasteiger charge is 2.18. The first-order valence-electron chi connectivity index (χ1n) is 4.09. The molecule has 4 heteroatoms. The van der Waals surface area contributed by atoms with Gasteiger partial charge in [-0.2, -0.15) is 0 Å². The molecule has 0 spiro atoms. The molecule has 0 radical (unpaired) electrons. The second kappa shape index (κ2) is 3.85. The largest absolute Gasteiger partial charge is 0.372 e. The van der Waals surface area contributed by atoms with Crippen LogP contribution in [0.25, 0.3) is 0 Å². The minimum Gasteiger partial charge on any atom is -0.372 e. The van der Waals surface area contributed by atoms with Gasteiger partial charge in [0.15, 0.2) is 3.92 Å². The second-order valence-electron chi connectivity index (χ2n) is 2.88. The summed E-state index contributed by atoms with van der Waals surface area (Å²) in [6.45, 7) is 0.889. The summed E-state index contributed by atoms with van der Waals surface area (Å²) < 4.78 is 6.55. The standard InChI is InChI=1S/C8H10BrNOS/c9-8-10-6(5-12-8)7-3-1-2-4-11-7/h5,7H,1-4H2. The van der Waals surface area contributed by atoms with Gasteiger partial charge in [-0.25, -0.2) is 4.98 Å². The molecule has 0 amide bonds. The molecule has 0 N–H and O–H groups in total. The van der Waals surface area contributed by atoms with Crippen LogP contribution in [0.3, 0.4) is 0 Å². The molecule has 1 aliphatic rings. The molecule has 66 valence electrons. The molecule has 0 saturated carbocycles. The Labute approximate surface area is 84.1 Å². The van der Waals surface area contributed by atoms with Gasteiger partial charge >= 0.3 is 0 Å². The van der Waals surface area contributed by atoms with Crippen LogP contribution in [-0.4, -0.2) is 11.6 Å². The van der Waals surface area contributed by atoms with Gasteiger partial charge in [0.25, 0.3) is 0 Å². The SMILES string of the molecule is Brc1nc(C2CCCCO2)cs1. The topological polar surface area (TPSA) is 22.1 Å². The van der Waals surface area contributed by atoms with Gasteiger partial charge in [-0.1, -0.05) is 0 Å². The van der Waals surface area contributed by atoms with Gasteiger partial charge < -0.3 is 4.74 Å². The molecule has 1 fully saturated rings. The van der Waals surface area contributed by atoms with E-state index in [1.54, 1.807) is 11.3 Å². The Balaban J connectivity index is 2.08. The first-order chi connectivity index (χ1) is 5.86. The molecule has 0 bridgehead atoms. The summed E-state index contributed by atoms with van der Waals surface area (Å²) in [6.07, 6.45) is 3.83. The zero-order valence-electron chi connectivity index (χ0n) is 6.62. The summed E-state index contributed by atoms with van der Waals surface area (Å²) in [5.41, 5.74) is 1.09. The molecule has 1 aromatic rings. The van der Waals surface area contributed by atoms with Gasteiger partial charge in [0.1, 0.15) is 6.10 Å². The van der Waals surface area contributed by atoms with E-state index in [1.807, 2.05) is 0 Å². The molecular formula is C8H10BrNOS. The summed E-state index contributed by atoms with van der Waals surface area (Å²) in [5, 5.41) is 2.07. The average molecular weight is 248 g/mol. The number of thiazole rings is 1. The van der Waals surface area contributed by atoms with Crippen LogP contribution in [0.5, 0.6) is 0 Å². The van der Waals surface area contributed by atoms with Crippen LogP contribution < -0.4 is 0 Å². The lowest BCUT2D eigenvalue weighted by atomic mass is 10.1. The van der Waals surface area contributed by atoms with Gasteiger partial charge in [0.05, 0.1) is 5.69 Å². The quantitative estimate of drug-likeness (QED) is 0.761.